The summed E-state index contributed by atoms with van der Waals surface area (Å²) in [4.78, 5) is 30.4. The first-order valence-corrected chi connectivity index (χ1v) is 6.41. The average molecular weight is 322 g/mol. The van der Waals surface area contributed by atoms with Crippen molar-refractivity contribution in [3.8, 4) is 0 Å². The summed E-state index contributed by atoms with van der Waals surface area (Å²) in [6, 6.07) is 6.64. The standard InChI is InChI=1S/C13H12BrN3O2/c1-7-3-4-9(12(18)15-7)13(19)17-10-5-6-11(14)16-8(10)2/h3-6H,1-2H3,(H,15,18)(H,17,19). The largest absolute Gasteiger partial charge is 0.326 e. The van der Waals surface area contributed by atoms with Crippen LogP contribution in [-0.2, 0) is 0 Å². The number of aryl methyl sites for hydroxylation is 2. The average Bonchev–Trinajstić information content (AvgIpc) is 2.32. The Kier molecular flexibility index (Phi) is 3.80. The summed E-state index contributed by atoms with van der Waals surface area (Å²) in [7, 11) is 0. The van der Waals surface area contributed by atoms with E-state index in [0.29, 0.717) is 21.7 Å². The maximum atomic E-state index is 12.0. The van der Waals surface area contributed by atoms with Crippen molar-refractivity contribution in [2.24, 2.45) is 0 Å². The second-order valence-corrected chi connectivity index (χ2v) is 4.92. The van der Waals surface area contributed by atoms with E-state index in [4.69, 9.17) is 0 Å². The summed E-state index contributed by atoms with van der Waals surface area (Å²) in [5, 5.41) is 2.67. The first kappa shape index (κ1) is 13.5. The molecule has 0 aromatic carbocycles. The van der Waals surface area contributed by atoms with Crippen LogP contribution in [0.1, 0.15) is 21.7 Å². The highest BCUT2D eigenvalue weighted by atomic mass is 79.9. The molecule has 1 amide bonds. The van der Waals surface area contributed by atoms with Crippen LogP contribution in [0.25, 0.3) is 0 Å². The van der Waals surface area contributed by atoms with E-state index in [9.17, 15) is 9.59 Å². The van der Waals surface area contributed by atoms with Gasteiger partial charge >= 0.3 is 0 Å². The van der Waals surface area contributed by atoms with Crippen LogP contribution in [0.15, 0.2) is 33.7 Å². The van der Waals surface area contributed by atoms with Gasteiger partial charge in [0.25, 0.3) is 11.5 Å². The molecule has 19 heavy (non-hydrogen) atoms. The van der Waals surface area contributed by atoms with E-state index in [0.717, 1.165) is 0 Å². The van der Waals surface area contributed by atoms with Gasteiger partial charge in [-0.3, -0.25) is 9.59 Å². The Bertz CT molecular complexity index is 695. The summed E-state index contributed by atoms with van der Waals surface area (Å²) < 4.78 is 0.691. The number of halogens is 1. The number of carbonyl (C=O) groups excluding carboxylic acids is 1. The van der Waals surface area contributed by atoms with Gasteiger partial charge in [0, 0.05) is 5.69 Å². The Morgan fingerprint density at radius 1 is 1.26 bits per heavy atom. The highest BCUT2D eigenvalue weighted by Gasteiger charge is 2.12. The van der Waals surface area contributed by atoms with E-state index >= 15 is 0 Å². The molecule has 0 atom stereocenters. The number of rotatable bonds is 2. The summed E-state index contributed by atoms with van der Waals surface area (Å²) in [5.74, 6) is -0.450. The van der Waals surface area contributed by atoms with Crippen LogP contribution in [0.3, 0.4) is 0 Å². The van der Waals surface area contributed by atoms with Gasteiger partial charge < -0.3 is 10.3 Å². The van der Waals surface area contributed by atoms with Crippen LogP contribution in [0, 0.1) is 13.8 Å². The minimum Gasteiger partial charge on any atom is -0.326 e. The molecular weight excluding hydrogens is 310 g/mol. The number of hydrogen-bond acceptors (Lipinski definition) is 3. The van der Waals surface area contributed by atoms with Crippen LogP contribution in [0.4, 0.5) is 5.69 Å². The zero-order valence-electron chi connectivity index (χ0n) is 10.5. The Balaban J connectivity index is 2.28. The van der Waals surface area contributed by atoms with Gasteiger partial charge in [-0.05, 0) is 54.0 Å². The molecule has 6 heteroatoms. The third-order valence-corrected chi connectivity index (χ3v) is 3.04. The summed E-state index contributed by atoms with van der Waals surface area (Å²) in [6.07, 6.45) is 0. The quantitative estimate of drug-likeness (QED) is 0.834. The zero-order chi connectivity index (χ0) is 14.0. The van der Waals surface area contributed by atoms with Gasteiger partial charge in [0.15, 0.2) is 0 Å². The van der Waals surface area contributed by atoms with Crippen LogP contribution in [0.2, 0.25) is 0 Å². The number of anilines is 1. The number of H-pyrrole nitrogens is 1. The summed E-state index contributed by atoms with van der Waals surface area (Å²) in [5.41, 5.74) is 1.63. The fourth-order valence-electron chi connectivity index (χ4n) is 1.60. The molecule has 0 unspecified atom stereocenters. The lowest BCUT2D eigenvalue weighted by molar-refractivity contribution is 0.102. The lowest BCUT2D eigenvalue weighted by atomic mass is 10.2. The lowest BCUT2D eigenvalue weighted by Crippen LogP contribution is -2.23. The number of carbonyl (C=O) groups is 1. The van der Waals surface area contributed by atoms with Crippen molar-refractivity contribution in [3.05, 3.63) is 56.2 Å². The maximum absolute atomic E-state index is 12.0. The minimum atomic E-state index is -0.450. The number of nitrogens with zero attached hydrogens (tertiary/aromatic N) is 1. The van der Waals surface area contributed by atoms with E-state index in [1.165, 1.54) is 6.07 Å². The molecule has 2 rings (SSSR count). The third-order valence-electron chi connectivity index (χ3n) is 2.60. The molecule has 0 radical (unpaired) electrons. The van der Waals surface area contributed by atoms with E-state index in [1.54, 1.807) is 32.0 Å². The third kappa shape index (κ3) is 3.08. The Morgan fingerprint density at radius 2 is 2.00 bits per heavy atom. The number of pyridine rings is 2. The van der Waals surface area contributed by atoms with Crippen molar-refractivity contribution >= 4 is 27.5 Å². The van der Waals surface area contributed by atoms with Crippen LogP contribution < -0.4 is 10.9 Å². The van der Waals surface area contributed by atoms with Crippen molar-refractivity contribution in [3.63, 3.8) is 0 Å². The number of hydrogen-bond donors (Lipinski definition) is 2. The smallest absolute Gasteiger partial charge is 0.261 e. The minimum absolute atomic E-state index is 0.0768. The van der Waals surface area contributed by atoms with Crippen molar-refractivity contribution in [2.45, 2.75) is 13.8 Å². The predicted octanol–water partition coefficient (Wildman–Crippen LogP) is 2.40. The van der Waals surface area contributed by atoms with Gasteiger partial charge in [-0.15, -0.1) is 0 Å². The van der Waals surface area contributed by atoms with Crippen molar-refractivity contribution in [2.75, 3.05) is 5.32 Å². The molecule has 5 nitrogen and oxygen atoms in total. The molecule has 0 saturated heterocycles. The molecule has 0 aliphatic heterocycles. The molecule has 2 N–H and O–H groups in total. The van der Waals surface area contributed by atoms with Gasteiger partial charge in [-0.2, -0.15) is 0 Å². The molecule has 0 saturated carbocycles. The molecule has 98 valence electrons. The predicted molar refractivity (Wildman–Crippen MR) is 76.4 cm³/mol. The molecule has 2 aromatic heterocycles. The van der Waals surface area contributed by atoms with Crippen molar-refractivity contribution in [1.82, 2.24) is 9.97 Å². The Morgan fingerprint density at radius 3 is 2.63 bits per heavy atom. The second-order valence-electron chi connectivity index (χ2n) is 4.11. The molecule has 2 aromatic rings. The van der Waals surface area contributed by atoms with Gasteiger partial charge in [-0.1, -0.05) is 0 Å². The number of nitrogens with one attached hydrogen (secondary N) is 2. The van der Waals surface area contributed by atoms with Gasteiger partial charge in [-0.25, -0.2) is 4.98 Å². The number of aromatic amines is 1. The maximum Gasteiger partial charge on any atom is 0.261 e. The second kappa shape index (κ2) is 5.36. The van der Waals surface area contributed by atoms with E-state index in [2.05, 4.69) is 31.2 Å². The normalized spacial score (nSPS) is 10.3. The lowest BCUT2D eigenvalue weighted by Gasteiger charge is -2.07. The molecule has 0 aliphatic rings. The van der Waals surface area contributed by atoms with Crippen molar-refractivity contribution in [1.29, 1.82) is 0 Å². The monoisotopic (exact) mass is 321 g/mol. The molecule has 0 spiro atoms. The zero-order valence-corrected chi connectivity index (χ0v) is 12.0. The summed E-state index contributed by atoms with van der Waals surface area (Å²) >= 11 is 3.25. The molecule has 0 aliphatic carbocycles. The topological polar surface area (TPSA) is 74.8 Å². The fourth-order valence-corrected chi connectivity index (χ4v) is 2.00. The van der Waals surface area contributed by atoms with Crippen LogP contribution >= 0.6 is 15.9 Å². The van der Waals surface area contributed by atoms with Gasteiger partial charge in [0.1, 0.15) is 10.2 Å². The first-order valence-electron chi connectivity index (χ1n) is 5.62. The Hall–Kier alpha value is -1.95. The molecule has 2 heterocycles. The van der Waals surface area contributed by atoms with Gasteiger partial charge in [0.05, 0.1) is 11.4 Å². The van der Waals surface area contributed by atoms with Gasteiger partial charge in [0.2, 0.25) is 0 Å². The highest BCUT2D eigenvalue weighted by Crippen LogP contribution is 2.16. The van der Waals surface area contributed by atoms with Crippen LogP contribution in [0.5, 0.6) is 0 Å². The summed E-state index contributed by atoms with van der Waals surface area (Å²) in [6.45, 7) is 3.53. The van der Waals surface area contributed by atoms with E-state index in [1.807, 2.05) is 0 Å². The van der Waals surface area contributed by atoms with E-state index < -0.39 is 11.5 Å². The highest BCUT2D eigenvalue weighted by molar-refractivity contribution is 9.10. The molecule has 0 fully saturated rings. The van der Waals surface area contributed by atoms with E-state index in [-0.39, 0.29) is 5.56 Å². The number of aromatic nitrogens is 2. The molecule has 0 bridgehead atoms. The van der Waals surface area contributed by atoms with Crippen molar-refractivity contribution < 1.29 is 4.79 Å². The molecular formula is C13H12BrN3O2. The first-order chi connectivity index (χ1) is 8.97. The Labute approximate surface area is 118 Å². The number of amides is 1. The fraction of sp³-hybridized carbons (Fsp3) is 0.154. The SMILES string of the molecule is Cc1ccc(C(=O)Nc2ccc(Br)nc2C)c(=O)[nH]1. The van der Waals surface area contributed by atoms with Crippen LogP contribution in [-0.4, -0.2) is 15.9 Å².